The number of rotatable bonds is 5. The molecule has 1 saturated heterocycles. The van der Waals surface area contributed by atoms with Crippen LogP contribution < -0.4 is 15.8 Å². The minimum atomic E-state index is 0.516. The van der Waals surface area contributed by atoms with Crippen LogP contribution in [0.3, 0.4) is 0 Å². The molecule has 0 saturated carbocycles. The molecular formula is C16H27N3O. The van der Waals surface area contributed by atoms with Crippen molar-refractivity contribution in [3.8, 4) is 5.75 Å². The van der Waals surface area contributed by atoms with Gasteiger partial charge in [-0.05, 0) is 39.3 Å². The van der Waals surface area contributed by atoms with Gasteiger partial charge in [-0.25, -0.2) is 0 Å². The van der Waals surface area contributed by atoms with Crippen LogP contribution in [0.25, 0.3) is 0 Å². The number of nitrogen functional groups attached to an aromatic ring is 1. The molecule has 4 heteroatoms. The zero-order chi connectivity index (χ0) is 14.5. The summed E-state index contributed by atoms with van der Waals surface area (Å²) in [6.45, 7) is 6.25. The first-order valence-corrected chi connectivity index (χ1v) is 7.58. The van der Waals surface area contributed by atoms with Gasteiger partial charge < -0.3 is 20.7 Å². The molecule has 4 nitrogen and oxygen atoms in total. The molecule has 0 radical (unpaired) electrons. The molecule has 2 unspecified atom stereocenters. The molecule has 3 N–H and O–H groups in total. The molecule has 0 spiro atoms. The molecule has 0 amide bonds. The topological polar surface area (TPSA) is 50.5 Å². The number of nitrogens with one attached hydrogen (secondary N) is 1. The van der Waals surface area contributed by atoms with E-state index in [1.165, 1.54) is 6.42 Å². The lowest BCUT2D eigenvalue weighted by Crippen LogP contribution is -2.42. The third-order valence-electron chi connectivity index (χ3n) is 3.98. The van der Waals surface area contributed by atoms with Gasteiger partial charge in [0.15, 0.2) is 0 Å². The zero-order valence-electron chi connectivity index (χ0n) is 12.9. The van der Waals surface area contributed by atoms with Gasteiger partial charge in [-0.15, -0.1) is 0 Å². The van der Waals surface area contributed by atoms with Crippen molar-refractivity contribution in [3.05, 3.63) is 18.2 Å². The Bertz CT molecular complexity index is 436. The number of ether oxygens (including phenoxy) is 1. The fraction of sp³-hybridized carbons (Fsp3) is 0.625. The highest BCUT2D eigenvalue weighted by Crippen LogP contribution is 2.26. The molecule has 1 heterocycles. The van der Waals surface area contributed by atoms with Gasteiger partial charge in [0.2, 0.25) is 0 Å². The number of nitrogens with two attached hydrogens (primary N) is 1. The van der Waals surface area contributed by atoms with E-state index >= 15 is 0 Å². The summed E-state index contributed by atoms with van der Waals surface area (Å²) in [5.41, 5.74) is 7.78. The van der Waals surface area contributed by atoms with E-state index in [9.17, 15) is 0 Å². The van der Waals surface area contributed by atoms with Gasteiger partial charge in [-0.1, -0.05) is 6.92 Å². The van der Waals surface area contributed by atoms with Crippen molar-refractivity contribution < 1.29 is 4.74 Å². The molecule has 2 atom stereocenters. The van der Waals surface area contributed by atoms with Gasteiger partial charge in [0.05, 0.1) is 6.61 Å². The predicted octanol–water partition coefficient (Wildman–Crippen LogP) is 2.95. The molecule has 1 aromatic carbocycles. The Hall–Kier alpha value is -1.42. The molecule has 0 bridgehead atoms. The van der Waals surface area contributed by atoms with E-state index in [0.717, 1.165) is 43.1 Å². The van der Waals surface area contributed by atoms with E-state index in [2.05, 4.69) is 37.2 Å². The van der Waals surface area contributed by atoms with E-state index in [1.54, 1.807) is 0 Å². The SMILES string of the molecule is CCCOc1cc(N)cc(NC2CCN(C)C(C)C2)c1. The Morgan fingerprint density at radius 1 is 1.40 bits per heavy atom. The van der Waals surface area contributed by atoms with Crippen molar-refractivity contribution in [2.24, 2.45) is 0 Å². The van der Waals surface area contributed by atoms with Crippen LogP contribution >= 0.6 is 0 Å². The lowest BCUT2D eigenvalue weighted by atomic mass is 9.98. The summed E-state index contributed by atoms with van der Waals surface area (Å²) in [6, 6.07) is 7.06. The normalized spacial score (nSPS) is 23.6. The van der Waals surface area contributed by atoms with E-state index < -0.39 is 0 Å². The van der Waals surface area contributed by atoms with Crippen molar-refractivity contribution in [1.29, 1.82) is 0 Å². The first-order valence-electron chi connectivity index (χ1n) is 7.58. The molecule has 112 valence electrons. The quantitative estimate of drug-likeness (QED) is 0.813. The number of nitrogens with zero attached hydrogens (tertiary/aromatic N) is 1. The minimum absolute atomic E-state index is 0.516. The van der Waals surface area contributed by atoms with E-state index in [1.807, 2.05) is 12.1 Å². The van der Waals surface area contributed by atoms with Crippen LogP contribution in [-0.2, 0) is 0 Å². The first-order chi connectivity index (χ1) is 9.58. The van der Waals surface area contributed by atoms with Crippen molar-refractivity contribution >= 4 is 11.4 Å². The number of hydrogen-bond acceptors (Lipinski definition) is 4. The van der Waals surface area contributed by atoms with E-state index in [4.69, 9.17) is 10.5 Å². The summed E-state index contributed by atoms with van der Waals surface area (Å²) < 4.78 is 5.68. The lowest BCUT2D eigenvalue weighted by molar-refractivity contribution is 0.190. The molecule has 1 aromatic rings. The smallest absolute Gasteiger partial charge is 0.123 e. The third-order valence-corrected chi connectivity index (χ3v) is 3.98. The van der Waals surface area contributed by atoms with Gasteiger partial charge in [0.1, 0.15) is 5.75 Å². The van der Waals surface area contributed by atoms with Crippen LogP contribution in [0.5, 0.6) is 5.75 Å². The maximum absolute atomic E-state index is 5.96. The van der Waals surface area contributed by atoms with Crippen LogP contribution in [-0.4, -0.2) is 37.2 Å². The van der Waals surface area contributed by atoms with Crippen molar-refractivity contribution in [2.75, 3.05) is 31.2 Å². The van der Waals surface area contributed by atoms with Gasteiger partial charge in [0.25, 0.3) is 0 Å². The number of piperidine rings is 1. The van der Waals surface area contributed by atoms with Crippen LogP contribution in [0, 0.1) is 0 Å². The Balaban J connectivity index is 1.99. The van der Waals surface area contributed by atoms with Gasteiger partial charge >= 0.3 is 0 Å². The number of benzene rings is 1. The molecule has 0 aromatic heterocycles. The molecular weight excluding hydrogens is 250 g/mol. The number of anilines is 2. The van der Waals surface area contributed by atoms with Gasteiger partial charge in [0, 0.05) is 42.1 Å². The van der Waals surface area contributed by atoms with E-state index in [-0.39, 0.29) is 0 Å². The fourth-order valence-corrected chi connectivity index (χ4v) is 2.66. The van der Waals surface area contributed by atoms with Gasteiger partial charge in [-0.2, -0.15) is 0 Å². The largest absolute Gasteiger partial charge is 0.493 e. The Morgan fingerprint density at radius 2 is 2.20 bits per heavy atom. The molecule has 0 aliphatic carbocycles. The average Bonchev–Trinajstić information content (AvgIpc) is 2.40. The van der Waals surface area contributed by atoms with Crippen molar-refractivity contribution in [3.63, 3.8) is 0 Å². The Morgan fingerprint density at radius 3 is 2.90 bits per heavy atom. The maximum atomic E-state index is 5.96. The van der Waals surface area contributed by atoms with E-state index in [0.29, 0.717) is 12.1 Å². The second-order valence-electron chi connectivity index (χ2n) is 5.83. The summed E-state index contributed by atoms with van der Waals surface area (Å²) in [7, 11) is 2.19. The monoisotopic (exact) mass is 277 g/mol. The van der Waals surface area contributed by atoms with Crippen molar-refractivity contribution in [2.45, 2.75) is 45.2 Å². The summed E-state index contributed by atoms with van der Waals surface area (Å²) in [5.74, 6) is 0.857. The second kappa shape index (κ2) is 6.84. The molecule has 1 fully saturated rings. The zero-order valence-corrected chi connectivity index (χ0v) is 12.9. The molecule has 2 rings (SSSR count). The highest BCUT2D eigenvalue weighted by Gasteiger charge is 2.22. The summed E-state index contributed by atoms with van der Waals surface area (Å²) in [5, 5.41) is 3.60. The van der Waals surface area contributed by atoms with Crippen molar-refractivity contribution in [1.82, 2.24) is 4.90 Å². The maximum Gasteiger partial charge on any atom is 0.123 e. The lowest BCUT2D eigenvalue weighted by Gasteiger charge is -2.35. The standard InChI is InChI=1S/C16H27N3O/c1-4-7-20-16-10-13(17)9-15(11-16)18-14-5-6-19(3)12(2)8-14/h9-12,14,18H,4-8,17H2,1-3H3. The summed E-state index contributed by atoms with van der Waals surface area (Å²) in [4.78, 5) is 2.41. The first kappa shape index (κ1) is 15.0. The third kappa shape index (κ3) is 4.04. The predicted molar refractivity (Wildman–Crippen MR) is 85.4 cm³/mol. The Kier molecular flexibility index (Phi) is 5.12. The van der Waals surface area contributed by atoms with Gasteiger partial charge in [-0.3, -0.25) is 0 Å². The summed E-state index contributed by atoms with van der Waals surface area (Å²) >= 11 is 0. The van der Waals surface area contributed by atoms with Crippen LogP contribution in [0.15, 0.2) is 18.2 Å². The molecule has 20 heavy (non-hydrogen) atoms. The number of likely N-dealkylation sites (tertiary alicyclic amines) is 1. The highest BCUT2D eigenvalue weighted by atomic mass is 16.5. The number of hydrogen-bond donors (Lipinski definition) is 2. The minimum Gasteiger partial charge on any atom is -0.493 e. The Labute approximate surface area is 122 Å². The fourth-order valence-electron chi connectivity index (χ4n) is 2.66. The van der Waals surface area contributed by atoms with Crippen LogP contribution in [0.4, 0.5) is 11.4 Å². The highest BCUT2D eigenvalue weighted by molar-refractivity contribution is 5.59. The average molecular weight is 277 g/mol. The summed E-state index contributed by atoms with van der Waals surface area (Å²) in [6.07, 6.45) is 3.33. The second-order valence-corrected chi connectivity index (χ2v) is 5.83. The van der Waals surface area contributed by atoms with Crippen LogP contribution in [0.1, 0.15) is 33.1 Å². The molecule has 1 aliphatic heterocycles. The van der Waals surface area contributed by atoms with Crippen LogP contribution in [0.2, 0.25) is 0 Å². The molecule has 1 aliphatic rings.